The minimum atomic E-state index is -4.69. The molecule has 3 heterocycles. The molecule has 240 valence electrons. The van der Waals surface area contributed by atoms with E-state index in [2.05, 4.69) is 33.3 Å². The van der Waals surface area contributed by atoms with Gasteiger partial charge in [0, 0.05) is 38.9 Å². The Hall–Kier alpha value is -3.53. The van der Waals surface area contributed by atoms with Gasteiger partial charge in [-0.3, -0.25) is 4.79 Å². The number of nitrogens with zero attached hydrogens (tertiary/aromatic N) is 4. The second-order valence-corrected chi connectivity index (χ2v) is 9.96. The van der Waals surface area contributed by atoms with Crippen molar-refractivity contribution in [1.29, 1.82) is 0 Å². The van der Waals surface area contributed by atoms with E-state index in [1.807, 2.05) is 0 Å². The third-order valence-corrected chi connectivity index (χ3v) is 6.10. The van der Waals surface area contributed by atoms with Crippen molar-refractivity contribution in [2.24, 2.45) is 0 Å². The summed E-state index contributed by atoms with van der Waals surface area (Å²) in [7, 11) is 13.6. The molecule has 3 amide bonds. The first-order valence-electron chi connectivity index (χ1n) is 12.9. The number of fused-ring (bicyclic) bond motifs is 1. The number of rotatable bonds is 9. The fourth-order valence-corrected chi connectivity index (χ4v) is 3.31. The maximum absolute atomic E-state index is 12.6. The number of methoxy groups -OCH3 is 1. The summed E-state index contributed by atoms with van der Waals surface area (Å²) < 4.78 is 86.3. The second-order valence-electron chi connectivity index (χ2n) is 9.96. The summed E-state index contributed by atoms with van der Waals surface area (Å²) >= 11 is 0. The van der Waals surface area contributed by atoms with E-state index >= 15 is 0 Å². The minimum Gasteiger partial charge on any atom is -0.383 e. The van der Waals surface area contributed by atoms with Gasteiger partial charge in [0.15, 0.2) is 11.2 Å². The van der Waals surface area contributed by atoms with Crippen molar-refractivity contribution < 1.29 is 45.4 Å². The van der Waals surface area contributed by atoms with E-state index in [4.69, 9.17) is 20.4 Å². The number of likely N-dealkylation sites (N-methyl/N-ethyl adjacent to an activating group) is 1. The highest BCUT2D eigenvalue weighted by Crippen LogP contribution is 2.33. The van der Waals surface area contributed by atoms with Crippen LogP contribution in [0.1, 0.15) is 26.5 Å². The summed E-state index contributed by atoms with van der Waals surface area (Å²) in [4.78, 5) is 26.9. The van der Waals surface area contributed by atoms with Gasteiger partial charge in [0.05, 0.1) is 40.8 Å². The number of ether oxygens (including phenoxy) is 2. The highest BCUT2D eigenvalue weighted by Gasteiger charge is 2.57. The average molecular weight is 630 g/mol. The van der Waals surface area contributed by atoms with Crippen LogP contribution in [-0.4, -0.2) is 110 Å². The Morgan fingerprint density at radius 1 is 1.18 bits per heavy atom. The number of hydrogen-bond donors (Lipinski definition) is 2. The van der Waals surface area contributed by atoms with Gasteiger partial charge in [-0.15, -0.1) is 0 Å². The number of halogens is 6. The molecule has 3 rings (SSSR count). The van der Waals surface area contributed by atoms with Crippen LogP contribution in [0.3, 0.4) is 0 Å². The number of hydrogen-bond acceptors (Lipinski definition) is 6. The summed E-state index contributed by atoms with van der Waals surface area (Å²) in [6.07, 6.45) is -5.47. The Morgan fingerprint density at radius 3 is 2.23 bits per heavy atom. The molecular weight excluding hydrogens is 596 g/mol. The molecule has 18 heteroatoms. The zero-order chi connectivity index (χ0) is 34.1. The molecule has 1 aliphatic rings. The van der Waals surface area contributed by atoms with Crippen molar-refractivity contribution in [2.45, 2.75) is 56.5 Å². The maximum Gasteiger partial charge on any atom is 0.416 e. The molecule has 2 N–H and O–H groups in total. The van der Waals surface area contributed by atoms with Crippen molar-refractivity contribution >= 4 is 33.3 Å². The average Bonchev–Trinajstić information content (AvgIpc) is 3.43. The number of carbonyl (C=O) groups excluding carboxylic acids is 2. The fraction of sp³-hybridized carbons (Fsp3) is 0.538. The molecule has 1 unspecified atom stereocenters. The van der Waals surface area contributed by atoms with Gasteiger partial charge in [-0.2, -0.15) is 31.4 Å². The number of carbonyl (C=O) groups is 2. The van der Waals surface area contributed by atoms with Crippen molar-refractivity contribution in [3.8, 4) is 0 Å². The Balaban J connectivity index is 0.000000352. The van der Waals surface area contributed by atoms with Gasteiger partial charge >= 0.3 is 18.4 Å². The molecule has 2 aromatic heterocycles. The smallest absolute Gasteiger partial charge is 0.383 e. The molecule has 0 aliphatic carbocycles. The molecule has 4 radical (unpaired) electrons. The first kappa shape index (κ1) is 38.5. The number of alkyl halides is 6. The van der Waals surface area contributed by atoms with E-state index in [1.54, 1.807) is 48.3 Å². The van der Waals surface area contributed by atoms with Gasteiger partial charge in [-0.05, 0) is 43.8 Å². The van der Waals surface area contributed by atoms with E-state index in [0.717, 1.165) is 13.8 Å². The maximum atomic E-state index is 12.6. The van der Waals surface area contributed by atoms with Crippen LogP contribution >= 0.6 is 0 Å². The molecule has 1 saturated heterocycles. The van der Waals surface area contributed by atoms with E-state index in [1.165, 1.54) is 7.11 Å². The lowest BCUT2D eigenvalue weighted by Gasteiger charge is -2.35. The molecule has 0 spiro atoms. The quantitative estimate of drug-likeness (QED) is 0.191. The standard InChI is InChI=1S/C12H14F3N3O.C7H9B2F3N2O2.C7H11NO/c1-11(2,12(13,14)15)19-7-5-9-8-18-10(17-9)4-3-6-16-18;1-16-3-2-14-5(15)13-4(6(14,8)9)7(10,11)12;1-5(2)6(3)7(9)8-4/h3-4,6,8H,5,7H2,1-2H3;4H,2-3H2,1H3,(H,13,15);1,3H2,2,4H3,(H,8,9). The number of amides is 3. The third-order valence-electron chi connectivity index (χ3n) is 6.10. The van der Waals surface area contributed by atoms with Gasteiger partial charge < -0.3 is 25.0 Å². The highest BCUT2D eigenvalue weighted by molar-refractivity contribution is 6.42. The minimum absolute atomic E-state index is 0.0452. The number of aromatic nitrogens is 3. The van der Waals surface area contributed by atoms with Gasteiger partial charge in [-0.1, -0.05) is 13.2 Å². The zero-order valence-electron chi connectivity index (χ0n) is 25.0. The Kier molecular flexibility index (Phi) is 13.5. The van der Waals surface area contributed by atoms with Gasteiger partial charge in [0.25, 0.3) is 5.91 Å². The Labute approximate surface area is 254 Å². The molecule has 1 fully saturated rings. The monoisotopic (exact) mass is 630 g/mol. The van der Waals surface area contributed by atoms with Crippen molar-refractivity contribution in [1.82, 2.24) is 30.1 Å². The fourth-order valence-electron chi connectivity index (χ4n) is 3.31. The number of urea groups is 1. The first-order valence-corrected chi connectivity index (χ1v) is 12.9. The van der Waals surface area contributed by atoms with E-state index in [-0.39, 0.29) is 25.7 Å². The van der Waals surface area contributed by atoms with E-state index in [0.29, 0.717) is 33.8 Å². The molecule has 0 saturated carbocycles. The summed E-state index contributed by atoms with van der Waals surface area (Å²) in [6.45, 7) is 10.7. The van der Waals surface area contributed by atoms with Gasteiger partial charge in [0.2, 0.25) is 0 Å². The zero-order valence-corrected chi connectivity index (χ0v) is 25.0. The van der Waals surface area contributed by atoms with Crippen molar-refractivity contribution in [3.63, 3.8) is 0 Å². The molecule has 1 aliphatic heterocycles. The van der Waals surface area contributed by atoms with Crippen molar-refractivity contribution in [3.05, 3.63) is 54.5 Å². The third kappa shape index (κ3) is 10.6. The predicted molar refractivity (Wildman–Crippen MR) is 152 cm³/mol. The van der Waals surface area contributed by atoms with Gasteiger partial charge in [-0.25, -0.2) is 14.3 Å². The second kappa shape index (κ2) is 15.5. The van der Waals surface area contributed by atoms with Crippen LogP contribution in [0.15, 0.2) is 48.8 Å². The topological polar surface area (TPSA) is 110 Å². The molecule has 2 aromatic rings. The van der Waals surface area contributed by atoms with Crippen LogP contribution in [0.25, 0.3) is 5.65 Å². The SMILES string of the molecule is C=C(C)C(=C)C(=O)NC.CC(C)(OCCc1cn2ncccc2n1)C(F)(F)F.[B]C1([B])C(C(F)(F)F)NC(=O)N1CCOC. The molecule has 0 bridgehead atoms. The molecular formula is C26H34B2F6N6O4. The molecule has 0 aromatic carbocycles. The van der Waals surface area contributed by atoms with E-state index in [9.17, 15) is 35.9 Å². The largest absolute Gasteiger partial charge is 0.416 e. The number of nitrogens with one attached hydrogen (secondary N) is 2. The molecule has 10 nitrogen and oxygen atoms in total. The lowest BCUT2D eigenvalue weighted by molar-refractivity contribution is -0.263. The van der Waals surface area contributed by atoms with Crippen LogP contribution in [0, 0.1) is 0 Å². The van der Waals surface area contributed by atoms with Gasteiger partial charge in [0.1, 0.15) is 6.04 Å². The molecule has 1 atom stereocenters. The summed E-state index contributed by atoms with van der Waals surface area (Å²) in [6, 6.07) is 0.278. The number of imidazole rings is 1. The first-order chi connectivity index (χ1) is 20.1. The van der Waals surface area contributed by atoms with Crippen LogP contribution < -0.4 is 10.6 Å². The summed E-state index contributed by atoms with van der Waals surface area (Å²) in [5.74, 6) is -0.164. The Morgan fingerprint density at radius 2 is 1.80 bits per heavy atom. The van der Waals surface area contributed by atoms with E-state index < -0.39 is 35.4 Å². The predicted octanol–water partition coefficient (Wildman–Crippen LogP) is 3.07. The summed E-state index contributed by atoms with van der Waals surface area (Å²) in [5.41, 5.74) is 0.306. The van der Waals surface area contributed by atoms with Crippen LogP contribution in [-0.2, 0) is 20.7 Å². The van der Waals surface area contributed by atoms with Crippen molar-refractivity contribution in [2.75, 3.05) is 33.9 Å². The normalized spacial score (nSPS) is 16.3. The summed E-state index contributed by atoms with van der Waals surface area (Å²) in [5, 5.41) is 5.88. The highest BCUT2D eigenvalue weighted by atomic mass is 19.4. The van der Waals surface area contributed by atoms with Crippen LogP contribution in [0.2, 0.25) is 0 Å². The molecule has 44 heavy (non-hydrogen) atoms. The lowest BCUT2D eigenvalue weighted by atomic mass is 9.57. The Bertz CT molecular complexity index is 1270. The van der Waals surface area contributed by atoms with Crippen LogP contribution in [0.5, 0.6) is 0 Å². The van der Waals surface area contributed by atoms with Crippen LogP contribution in [0.4, 0.5) is 31.1 Å². The lowest BCUT2D eigenvalue weighted by Crippen LogP contribution is -2.59.